The molecular formula is C7H12BiO4. The largest absolute Gasteiger partial charge is 0.481 e. The van der Waals surface area contributed by atoms with Gasteiger partial charge in [-0.05, 0) is 12.8 Å². The molecule has 2 N–H and O–H groups in total. The van der Waals surface area contributed by atoms with Crippen LogP contribution in [0.3, 0.4) is 0 Å². The van der Waals surface area contributed by atoms with Crippen molar-refractivity contribution < 1.29 is 19.8 Å². The van der Waals surface area contributed by atoms with Crippen molar-refractivity contribution in [3.63, 3.8) is 0 Å². The van der Waals surface area contributed by atoms with Gasteiger partial charge in [0.2, 0.25) is 0 Å². The second-order valence-corrected chi connectivity index (χ2v) is 2.35. The first-order chi connectivity index (χ1) is 5.13. The van der Waals surface area contributed by atoms with Gasteiger partial charge in [0.05, 0.1) is 0 Å². The molecule has 0 aromatic heterocycles. The molecule has 69 valence electrons. The summed E-state index contributed by atoms with van der Waals surface area (Å²) in [6, 6.07) is 0. The van der Waals surface area contributed by atoms with Crippen molar-refractivity contribution >= 4 is 38.1 Å². The van der Waals surface area contributed by atoms with E-state index in [1.807, 2.05) is 0 Å². The average molecular weight is 369 g/mol. The molecule has 0 bridgehead atoms. The van der Waals surface area contributed by atoms with Crippen LogP contribution in [0.1, 0.15) is 32.1 Å². The first kappa shape index (κ1) is 14.4. The molecule has 0 aliphatic rings. The Balaban J connectivity index is 0. The summed E-state index contributed by atoms with van der Waals surface area (Å²) in [6.45, 7) is 0. The minimum absolute atomic E-state index is 0. The molecule has 5 heteroatoms. The van der Waals surface area contributed by atoms with Crippen LogP contribution >= 0.6 is 0 Å². The van der Waals surface area contributed by atoms with E-state index in [1.54, 1.807) is 0 Å². The molecule has 0 aliphatic heterocycles. The van der Waals surface area contributed by atoms with E-state index in [4.69, 9.17) is 10.2 Å². The van der Waals surface area contributed by atoms with Crippen LogP contribution in [0.15, 0.2) is 0 Å². The molecule has 0 saturated carbocycles. The molecule has 0 spiro atoms. The molecule has 0 unspecified atom stereocenters. The third-order valence-corrected chi connectivity index (χ3v) is 1.28. The van der Waals surface area contributed by atoms with Gasteiger partial charge in [-0.15, -0.1) is 0 Å². The maximum absolute atomic E-state index is 9.98. The van der Waals surface area contributed by atoms with Gasteiger partial charge < -0.3 is 10.2 Å². The van der Waals surface area contributed by atoms with Crippen molar-refractivity contribution in [3.8, 4) is 0 Å². The first-order valence-corrected chi connectivity index (χ1v) is 3.56. The smallest absolute Gasteiger partial charge is 0.303 e. The van der Waals surface area contributed by atoms with E-state index >= 15 is 0 Å². The van der Waals surface area contributed by atoms with E-state index in [0.29, 0.717) is 19.3 Å². The third-order valence-electron chi connectivity index (χ3n) is 1.28. The fraction of sp³-hybridized carbons (Fsp3) is 0.714. The Morgan fingerprint density at radius 3 is 1.42 bits per heavy atom. The molecule has 4 nitrogen and oxygen atoms in total. The van der Waals surface area contributed by atoms with Crippen LogP contribution in [0.25, 0.3) is 0 Å². The Labute approximate surface area is 90.1 Å². The molecule has 0 atom stereocenters. The Bertz CT molecular complexity index is 130. The predicted molar refractivity (Wildman–Crippen MR) is 44.1 cm³/mol. The summed E-state index contributed by atoms with van der Waals surface area (Å²) in [5, 5.41) is 16.4. The third kappa shape index (κ3) is 12.5. The Kier molecular flexibility index (Phi) is 10.7. The van der Waals surface area contributed by atoms with Crippen LogP contribution < -0.4 is 0 Å². The second kappa shape index (κ2) is 8.92. The Morgan fingerprint density at radius 1 is 0.833 bits per heavy atom. The van der Waals surface area contributed by atoms with Gasteiger partial charge in [-0.2, -0.15) is 0 Å². The zero-order chi connectivity index (χ0) is 8.69. The normalized spacial score (nSPS) is 8.67. The average Bonchev–Trinajstić information content (AvgIpc) is 1.85. The van der Waals surface area contributed by atoms with Crippen molar-refractivity contribution in [3.05, 3.63) is 0 Å². The van der Waals surface area contributed by atoms with Gasteiger partial charge in [0.1, 0.15) is 0 Å². The molecule has 0 heterocycles. The summed E-state index contributed by atoms with van der Waals surface area (Å²) in [7, 11) is 0. The molecule has 0 saturated heterocycles. The molecule has 0 rings (SSSR count). The molecule has 3 radical (unpaired) electrons. The van der Waals surface area contributed by atoms with Crippen molar-refractivity contribution in [2.24, 2.45) is 0 Å². The summed E-state index contributed by atoms with van der Waals surface area (Å²) in [5.74, 6) is -1.64. The van der Waals surface area contributed by atoms with Gasteiger partial charge in [-0.3, -0.25) is 9.59 Å². The monoisotopic (exact) mass is 369 g/mol. The fourth-order valence-electron chi connectivity index (χ4n) is 0.729. The van der Waals surface area contributed by atoms with Gasteiger partial charge in [-0.1, -0.05) is 6.42 Å². The van der Waals surface area contributed by atoms with E-state index in [0.717, 1.165) is 0 Å². The topological polar surface area (TPSA) is 74.6 Å². The maximum Gasteiger partial charge on any atom is 0.303 e. The van der Waals surface area contributed by atoms with E-state index in [2.05, 4.69) is 0 Å². The minimum atomic E-state index is -0.819. The molecule has 0 amide bonds. The van der Waals surface area contributed by atoms with E-state index in [-0.39, 0.29) is 39.0 Å². The maximum atomic E-state index is 9.98. The summed E-state index contributed by atoms with van der Waals surface area (Å²) in [5.41, 5.74) is 0. The Hall–Kier alpha value is -0.177. The number of carboxylic acid groups (broad SMARTS) is 2. The van der Waals surface area contributed by atoms with E-state index < -0.39 is 11.9 Å². The van der Waals surface area contributed by atoms with E-state index in [1.165, 1.54) is 0 Å². The number of carbonyl (C=O) groups is 2. The standard InChI is InChI=1S/C7H12O4.Bi/c8-6(9)4-2-1-3-5-7(10)11;/h1-5H2,(H,8,9)(H,10,11);. The van der Waals surface area contributed by atoms with Gasteiger partial charge in [0.15, 0.2) is 0 Å². The number of hydrogen-bond acceptors (Lipinski definition) is 2. The van der Waals surface area contributed by atoms with Crippen molar-refractivity contribution in [1.29, 1.82) is 0 Å². The summed E-state index contributed by atoms with van der Waals surface area (Å²) < 4.78 is 0. The number of rotatable bonds is 6. The molecule has 12 heavy (non-hydrogen) atoms. The van der Waals surface area contributed by atoms with E-state index in [9.17, 15) is 9.59 Å². The fourth-order valence-corrected chi connectivity index (χ4v) is 0.729. The predicted octanol–water partition coefficient (Wildman–Crippen LogP) is 0.725. The number of unbranched alkanes of at least 4 members (excludes halogenated alkanes) is 2. The van der Waals surface area contributed by atoms with Gasteiger partial charge in [0.25, 0.3) is 0 Å². The van der Waals surface area contributed by atoms with Crippen LogP contribution in [0, 0.1) is 0 Å². The quantitative estimate of drug-likeness (QED) is 0.535. The number of carboxylic acids is 2. The van der Waals surface area contributed by atoms with Gasteiger partial charge >= 0.3 is 11.9 Å². The van der Waals surface area contributed by atoms with Crippen LogP contribution in [-0.4, -0.2) is 48.4 Å². The zero-order valence-electron chi connectivity index (χ0n) is 6.69. The number of aliphatic carboxylic acids is 2. The molecule has 0 fully saturated rings. The molecule has 0 aromatic carbocycles. The van der Waals surface area contributed by atoms with Crippen LogP contribution in [0.2, 0.25) is 0 Å². The summed E-state index contributed by atoms with van der Waals surface area (Å²) in [6.07, 6.45) is 2.10. The van der Waals surface area contributed by atoms with Gasteiger partial charge in [0, 0.05) is 39.0 Å². The molecule has 0 aromatic rings. The summed E-state index contributed by atoms with van der Waals surface area (Å²) in [4.78, 5) is 20.0. The Morgan fingerprint density at radius 2 is 1.17 bits per heavy atom. The zero-order valence-corrected chi connectivity index (χ0v) is 10.2. The van der Waals surface area contributed by atoms with Gasteiger partial charge in [-0.25, -0.2) is 0 Å². The van der Waals surface area contributed by atoms with Crippen molar-refractivity contribution in [2.45, 2.75) is 32.1 Å². The van der Waals surface area contributed by atoms with Crippen LogP contribution in [-0.2, 0) is 9.59 Å². The minimum Gasteiger partial charge on any atom is -0.481 e. The first-order valence-electron chi connectivity index (χ1n) is 3.56. The van der Waals surface area contributed by atoms with Crippen LogP contribution in [0.5, 0.6) is 0 Å². The van der Waals surface area contributed by atoms with Crippen molar-refractivity contribution in [2.75, 3.05) is 0 Å². The van der Waals surface area contributed by atoms with Crippen LogP contribution in [0.4, 0.5) is 0 Å². The summed E-state index contributed by atoms with van der Waals surface area (Å²) >= 11 is 0. The molecular weight excluding hydrogens is 357 g/mol. The SMILES string of the molecule is O=C(O)CCCCCC(=O)O.[Bi]. The van der Waals surface area contributed by atoms with Crippen molar-refractivity contribution in [1.82, 2.24) is 0 Å². The number of hydrogen-bond donors (Lipinski definition) is 2. The second-order valence-electron chi connectivity index (χ2n) is 2.35. The molecule has 0 aliphatic carbocycles.